The van der Waals surface area contributed by atoms with Gasteiger partial charge in [-0.05, 0) is 0 Å². The van der Waals surface area contributed by atoms with Crippen molar-refractivity contribution < 1.29 is 9.53 Å². The molecule has 0 atom stereocenters. The fourth-order valence-electron chi connectivity index (χ4n) is 1.35. The molecule has 0 radical (unpaired) electrons. The number of nitrogens with zero attached hydrogens (tertiary/aromatic N) is 3. The quantitative estimate of drug-likeness (QED) is 0.747. The standard InChI is InChI=1S/C11H15N5O2S/c17-10(15-11-14-3-8-19-11)13-2-6-18-7-5-16-4-1-12-9-16/h1,3-4,8-9H,2,5-7H2,(H2,13,14,15,17). The summed E-state index contributed by atoms with van der Waals surface area (Å²) in [6.45, 7) is 2.28. The van der Waals surface area contributed by atoms with Crippen LogP contribution >= 0.6 is 11.3 Å². The number of imidazole rings is 1. The first kappa shape index (κ1) is 13.5. The average Bonchev–Trinajstić information content (AvgIpc) is 3.06. The molecule has 102 valence electrons. The van der Waals surface area contributed by atoms with E-state index in [0.717, 1.165) is 6.54 Å². The van der Waals surface area contributed by atoms with Crippen LogP contribution in [-0.2, 0) is 11.3 Å². The fraction of sp³-hybridized carbons (Fsp3) is 0.364. The molecule has 0 spiro atoms. The van der Waals surface area contributed by atoms with Crippen LogP contribution in [0.5, 0.6) is 0 Å². The number of urea groups is 1. The van der Waals surface area contributed by atoms with Gasteiger partial charge in [0.1, 0.15) is 0 Å². The van der Waals surface area contributed by atoms with Crippen molar-refractivity contribution in [1.29, 1.82) is 0 Å². The summed E-state index contributed by atoms with van der Waals surface area (Å²) in [4.78, 5) is 19.3. The lowest BCUT2D eigenvalue weighted by Gasteiger charge is -2.07. The molecule has 2 N–H and O–H groups in total. The van der Waals surface area contributed by atoms with E-state index in [2.05, 4.69) is 20.6 Å². The minimum atomic E-state index is -0.270. The number of anilines is 1. The lowest BCUT2D eigenvalue weighted by molar-refractivity contribution is 0.129. The van der Waals surface area contributed by atoms with E-state index in [1.807, 2.05) is 10.8 Å². The summed E-state index contributed by atoms with van der Waals surface area (Å²) in [6.07, 6.45) is 6.98. The van der Waals surface area contributed by atoms with E-state index < -0.39 is 0 Å². The number of hydrogen-bond donors (Lipinski definition) is 2. The molecule has 2 aromatic heterocycles. The summed E-state index contributed by atoms with van der Waals surface area (Å²) in [5.74, 6) is 0. The van der Waals surface area contributed by atoms with E-state index in [1.54, 1.807) is 24.1 Å². The molecule has 7 nitrogen and oxygen atoms in total. The van der Waals surface area contributed by atoms with Gasteiger partial charge in [-0.1, -0.05) is 0 Å². The van der Waals surface area contributed by atoms with E-state index in [4.69, 9.17) is 4.74 Å². The van der Waals surface area contributed by atoms with Gasteiger partial charge in [-0.2, -0.15) is 0 Å². The van der Waals surface area contributed by atoms with Crippen molar-refractivity contribution in [3.8, 4) is 0 Å². The number of thiazole rings is 1. The van der Waals surface area contributed by atoms with Gasteiger partial charge in [-0.3, -0.25) is 5.32 Å². The van der Waals surface area contributed by atoms with E-state index in [9.17, 15) is 4.79 Å². The van der Waals surface area contributed by atoms with E-state index >= 15 is 0 Å². The van der Waals surface area contributed by atoms with Gasteiger partial charge in [-0.25, -0.2) is 14.8 Å². The molecule has 0 aliphatic heterocycles. The third-order valence-electron chi connectivity index (χ3n) is 2.24. The molecule has 0 aliphatic rings. The summed E-state index contributed by atoms with van der Waals surface area (Å²) < 4.78 is 7.32. The van der Waals surface area contributed by atoms with Gasteiger partial charge in [0.05, 0.1) is 19.5 Å². The first-order chi connectivity index (χ1) is 9.34. The molecule has 0 saturated heterocycles. The van der Waals surface area contributed by atoms with Crippen LogP contribution in [0.25, 0.3) is 0 Å². The smallest absolute Gasteiger partial charge is 0.321 e. The molecule has 0 unspecified atom stereocenters. The minimum absolute atomic E-state index is 0.270. The lowest BCUT2D eigenvalue weighted by Crippen LogP contribution is -2.31. The lowest BCUT2D eigenvalue weighted by atomic mass is 10.6. The van der Waals surface area contributed by atoms with Crippen LogP contribution in [-0.4, -0.2) is 40.3 Å². The Bertz CT molecular complexity index is 471. The maximum Gasteiger partial charge on any atom is 0.321 e. The third kappa shape index (κ3) is 5.06. The molecule has 2 aromatic rings. The third-order valence-corrected chi connectivity index (χ3v) is 2.93. The van der Waals surface area contributed by atoms with Crippen molar-refractivity contribution in [3.63, 3.8) is 0 Å². The molecule has 19 heavy (non-hydrogen) atoms. The summed E-state index contributed by atoms with van der Waals surface area (Å²) in [6, 6.07) is -0.270. The first-order valence-corrected chi connectivity index (χ1v) is 6.70. The van der Waals surface area contributed by atoms with Crippen LogP contribution in [0, 0.1) is 0 Å². The highest BCUT2D eigenvalue weighted by atomic mass is 32.1. The van der Waals surface area contributed by atoms with Crippen molar-refractivity contribution in [2.75, 3.05) is 25.1 Å². The molecule has 2 amide bonds. The summed E-state index contributed by atoms with van der Waals surface area (Å²) in [5.41, 5.74) is 0. The van der Waals surface area contributed by atoms with Crippen LogP contribution in [0.3, 0.4) is 0 Å². The molecular formula is C11H15N5O2S. The number of hydrogen-bond acceptors (Lipinski definition) is 5. The molecule has 2 rings (SSSR count). The van der Waals surface area contributed by atoms with Crippen molar-refractivity contribution in [2.24, 2.45) is 0 Å². The number of amides is 2. The topological polar surface area (TPSA) is 81.1 Å². The molecule has 0 bridgehead atoms. The maximum absolute atomic E-state index is 11.4. The summed E-state index contributed by atoms with van der Waals surface area (Å²) in [7, 11) is 0. The number of rotatable bonds is 7. The molecular weight excluding hydrogens is 266 g/mol. The Morgan fingerprint density at radius 3 is 3.11 bits per heavy atom. The van der Waals surface area contributed by atoms with Gasteiger partial charge >= 0.3 is 6.03 Å². The maximum atomic E-state index is 11.4. The average molecular weight is 281 g/mol. The number of aromatic nitrogens is 3. The SMILES string of the molecule is O=C(NCCOCCn1ccnc1)Nc1nccs1. The van der Waals surface area contributed by atoms with E-state index in [-0.39, 0.29) is 6.03 Å². The van der Waals surface area contributed by atoms with E-state index in [0.29, 0.717) is 24.9 Å². The zero-order valence-corrected chi connectivity index (χ0v) is 11.1. The van der Waals surface area contributed by atoms with Crippen LogP contribution in [0.4, 0.5) is 9.93 Å². The van der Waals surface area contributed by atoms with Gasteiger partial charge in [-0.15, -0.1) is 11.3 Å². The van der Waals surface area contributed by atoms with Crippen LogP contribution in [0.1, 0.15) is 0 Å². The van der Waals surface area contributed by atoms with Gasteiger partial charge in [0.2, 0.25) is 0 Å². The van der Waals surface area contributed by atoms with Crippen molar-refractivity contribution in [2.45, 2.75) is 6.54 Å². The second-order valence-corrected chi connectivity index (χ2v) is 4.53. The fourth-order valence-corrected chi connectivity index (χ4v) is 1.88. The van der Waals surface area contributed by atoms with Gasteiger partial charge in [0.25, 0.3) is 0 Å². The molecule has 0 saturated carbocycles. The molecule has 2 heterocycles. The number of carbonyl (C=O) groups excluding carboxylic acids is 1. The van der Waals surface area contributed by atoms with Gasteiger partial charge in [0.15, 0.2) is 5.13 Å². The molecule has 0 aromatic carbocycles. The van der Waals surface area contributed by atoms with Crippen LogP contribution < -0.4 is 10.6 Å². The number of carbonyl (C=O) groups is 1. The van der Waals surface area contributed by atoms with Gasteiger partial charge in [0, 0.05) is 37.1 Å². The number of nitrogens with one attached hydrogen (secondary N) is 2. The number of ether oxygens (including phenoxy) is 1. The Hall–Kier alpha value is -1.93. The van der Waals surface area contributed by atoms with Crippen molar-refractivity contribution in [1.82, 2.24) is 19.9 Å². The van der Waals surface area contributed by atoms with Crippen molar-refractivity contribution in [3.05, 3.63) is 30.3 Å². The largest absolute Gasteiger partial charge is 0.378 e. The zero-order valence-electron chi connectivity index (χ0n) is 10.3. The Morgan fingerprint density at radius 2 is 2.37 bits per heavy atom. The molecule has 8 heteroatoms. The minimum Gasteiger partial charge on any atom is -0.378 e. The first-order valence-electron chi connectivity index (χ1n) is 5.82. The highest BCUT2D eigenvalue weighted by Gasteiger charge is 2.01. The normalized spacial score (nSPS) is 10.3. The summed E-state index contributed by atoms with van der Waals surface area (Å²) >= 11 is 1.37. The summed E-state index contributed by atoms with van der Waals surface area (Å²) in [5, 5.41) is 7.69. The van der Waals surface area contributed by atoms with Crippen LogP contribution in [0.15, 0.2) is 30.3 Å². The second kappa shape index (κ2) is 7.49. The Morgan fingerprint density at radius 1 is 1.42 bits per heavy atom. The Kier molecular flexibility index (Phi) is 5.32. The van der Waals surface area contributed by atoms with E-state index in [1.165, 1.54) is 11.3 Å². The molecule has 0 aliphatic carbocycles. The predicted octanol–water partition coefficient (Wildman–Crippen LogP) is 1.18. The Balaban J connectivity index is 1.48. The predicted molar refractivity (Wildman–Crippen MR) is 72.2 cm³/mol. The molecule has 0 fully saturated rings. The Labute approximate surface area is 114 Å². The highest BCUT2D eigenvalue weighted by Crippen LogP contribution is 2.09. The zero-order chi connectivity index (χ0) is 13.3. The second-order valence-electron chi connectivity index (χ2n) is 3.63. The van der Waals surface area contributed by atoms with Gasteiger partial charge < -0.3 is 14.6 Å². The van der Waals surface area contributed by atoms with Crippen LogP contribution in [0.2, 0.25) is 0 Å². The highest BCUT2D eigenvalue weighted by molar-refractivity contribution is 7.13. The monoisotopic (exact) mass is 281 g/mol. The van der Waals surface area contributed by atoms with Crippen molar-refractivity contribution >= 4 is 22.5 Å².